The Morgan fingerprint density at radius 1 is 1.22 bits per heavy atom. The first kappa shape index (κ1) is 15.4. The topological polar surface area (TPSA) is 64.4 Å². The third kappa shape index (κ3) is 3.48. The van der Waals surface area contributed by atoms with Crippen molar-refractivity contribution >= 4 is 28.8 Å². The van der Waals surface area contributed by atoms with Crippen LogP contribution in [-0.4, -0.2) is 27.7 Å². The highest BCUT2D eigenvalue weighted by atomic mass is 32.2. The van der Waals surface area contributed by atoms with Crippen LogP contribution in [0, 0.1) is 0 Å². The van der Waals surface area contributed by atoms with Gasteiger partial charge in [0.25, 0.3) is 0 Å². The Morgan fingerprint density at radius 3 is 2.65 bits per heavy atom. The summed E-state index contributed by atoms with van der Waals surface area (Å²) < 4.78 is 6.89. The van der Waals surface area contributed by atoms with Crippen LogP contribution in [0.3, 0.4) is 0 Å². The number of thioether (sulfide) groups is 1. The van der Waals surface area contributed by atoms with Gasteiger partial charge in [0.15, 0.2) is 5.16 Å². The van der Waals surface area contributed by atoms with Gasteiger partial charge in [0, 0.05) is 5.75 Å². The van der Waals surface area contributed by atoms with Crippen LogP contribution in [0.15, 0.2) is 53.7 Å². The average molecular weight is 328 g/mol. The normalized spacial score (nSPS) is 10.8. The molecule has 23 heavy (non-hydrogen) atoms. The number of ether oxygens (including phenoxy) is 1. The van der Waals surface area contributed by atoms with Crippen LogP contribution in [0.1, 0.15) is 5.56 Å². The standard InChI is InChI=1S/C17H16N2O3S/c1-22-13-8-6-12(7-9-13)11-23-17-18-14-4-2-3-5-15(14)19(17)10-16(20)21/h2-9H,10-11H2,1H3,(H,20,21). The first-order valence-corrected chi connectivity index (χ1v) is 8.08. The summed E-state index contributed by atoms with van der Waals surface area (Å²) in [6, 6.07) is 15.4. The molecule has 118 valence electrons. The van der Waals surface area contributed by atoms with Gasteiger partial charge in [-0.25, -0.2) is 4.98 Å². The van der Waals surface area contributed by atoms with Crippen molar-refractivity contribution in [2.75, 3.05) is 7.11 Å². The van der Waals surface area contributed by atoms with Gasteiger partial charge in [-0.05, 0) is 29.8 Å². The zero-order valence-electron chi connectivity index (χ0n) is 12.6. The van der Waals surface area contributed by atoms with E-state index in [0.717, 1.165) is 22.3 Å². The molecule has 0 fully saturated rings. The van der Waals surface area contributed by atoms with Crippen molar-refractivity contribution < 1.29 is 14.6 Å². The van der Waals surface area contributed by atoms with E-state index in [1.54, 1.807) is 11.7 Å². The highest BCUT2D eigenvalue weighted by Gasteiger charge is 2.13. The van der Waals surface area contributed by atoms with Crippen molar-refractivity contribution in [2.45, 2.75) is 17.5 Å². The van der Waals surface area contributed by atoms with Crippen LogP contribution >= 0.6 is 11.8 Å². The summed E-state index contributed by atoms with van der Waals surface area (Å²) in [5.74, 6) is 0.656. The molecule has 0 amide bonds. The predicted molar refractivity (Wildman–Crippen MR) is 89.9 cm³/mol. The van der Waals surface area contributed by atoms with E-state index < -0.39 is 5.97 Å². The van der Waals surface area contributed by atoms with Crippen molar-refractivity contribution in [1.29, 1.82) is 0 Å². The van der Waals surface area contributed by atoms with Crippen molar-refractivity contribution in [3.8, 4) is 5.75 Å². The monoisotopic (exact) mass is 328 g/mol. The number of hydrogen-bond donors (Lipinski definition) is 1. The number of para-hydroxylation sites is 2. The summed E-state index contributed by atoms with van der Waals surface area (Å²) in [5, 5.41) is 9.85. The smallest absolute Gasteiger partial charge is 0.323 e. The van der Waals surface area contributed by atoms with E-state index in [0.29, 0.717) is 10.9 Å². The molecule has 1 heterocycles. The van der Waals surface area contributed by atoms with Crippen LogP contribution < -0.4 is 4.74 Å². The molecule has 5 nitrogen and oxygen atoms in total. The van der Waals surface area contributed by atoms with Gasteiger partial charge in [-0.1, -0.05) is 36.0 Å². The molecular weight excluding hydrogens is 312 g/mol. The van der Waals surface area contributed by atoms with Crippen LogP contribution in [0.4, 0.5) is 0 Å². The first-order chi connectivity index (χ1) is 11.2. The Kier molecular flexibility index (Phi) is 4.52. The fourth-order valence-corrected chi connectivity index (χ4v) is 3.29. The van der Waals surface area contributed by atoms with Crippen LogP contribution in [-0.2, 0) is 17.1 Å². The van der Waals surface area contributed by atoms with Gasteiger partial charge in [-0.3, -0.25) is 4.79 Å². The number of carbonyl (C=O) groups is 1. The predicted octanol–water partition coefficient (Wildman–Crippen LogP) is 3.42. The van der Waals surface area contributed by atoms with Crippen LogP contribution in [0.25, 0.3) is 11.0 Å². The van der Waals surface area contributed by atoms with Gasteiger partial charge >= 0.3 is 5.97 Å². The Hall–Kier alpha value is -2.47. The number of imidazole rings is 1. The van der Waals surface area contributed by atoms with E-state index in [9.17, 15) is 4.79 Å². The van der Waals surface area contributed by atoms with Gasteiger partial charge in [-0.2, -0.15) is 0 Å². The summed E-state index contributed by atoms with van der Waals surface area (Å²) in [7, 11) is 1.64. The molecule has 3 rings (SSSR count). The second-order valence-corrected chi connectivity index (χ2v) is 5.94. The molecular formula is C17H16N2O3S. The van der Waals surface area contributed by atoms with Gasteiger partial charge in [0.2, 0.25) is 0 Å². The van der Waals surface area contributed by atoms with Crippen molar-refractivity contribution in [3.05, 3.63) is 54.1 Å². The Morgan fingerprint density at radius 2 is 1.96 bits per heavy atom. The molecule has 0 atom stereocenters. The molecule has 0 bridgehead atoms. The van der Waals surface area contributed by atoms with Gasteiger partial charge < -0.3 is 14.4 Å². The molecule has 0 aliphatic rings. The van der Waals surface area contributed by atoms with E-state index in [2.05, 4.69) is 4.98 Å². The number of aliphatic carboxylic acids is 1. The number of methoxy groups -OCH3 is 1. The maximum absolute atomic E-state index is 11.1. The molecule has 0 aliphatic carbocycles. The SMILES string of the molecule is COc1ccc(CSc2nc3ccccc3n2CC(=O)O)cc1. The molecule has 3 aromatic rings. The quantitative estimate of drug-likeness (QED) is 0.702. The summed E-state index contributed by atoms with van der Waals surface area (Å²) in [6.07, 6.45) is 0. The van der Waals surface area contributed by atoms with E-state index in [-0.39, 0.29) is 6.54 Å². The summed E-state index contributed by atoms with van der Waals surface area (Å²) in [4.78, 5) is 15.7. The minimum atomic E-state index is -0.876. The number of fused-ring (bicyclic) bond motifs is 1. The van der Waals surface area contributed by atoms with Gasteiger partial charge in [0.1, 0.15) is 12.3 Å². The van der Waals surface area contributed by atoms with Crippen molar-refractivity contribution in [3.63, 3.8) is 0 Å². The number of aromatic nitrogens is 2. The lowest BCUT2D eigenvalue weighted by molar-refractivity contribution is -0.137. The summed E-state index contributed by atoms with van der Waals surface area (Å²) in [6.45, 7) is -0.0918. The lowest BCUT2D eigenvalue weighted by Crippen LogP contribution is -2.09. The molecule has 0 spiro atoms. The fraction of sp³-hybridized carbons (Fsp3) is 0.176. The van der Waals surface area contributed by atoms with Gasteiger partial charge in [0.05, 0.1) is 18.1 Å². The number of nitrogens with zero attached hydrogens (tertiary/aromatic N) is 2. The molecule has 0 aliphatic heterocycles. The number of hydrogen-bond acceptors (Lipinski definition) is 4. The van der Waals surface area contributed by atoms with Crippen molar-refractivity contribution in [1.82, 2.24) is 9.55 Å². The number of benzene rings is 2. The van der Waals surface area contributed by atoms with E-state index in [1.807, 2.05) is 48.5 Å². The molecule has 2 aromatic carbocycles. The van der Waals surface area contributed by atoms with Crippen molar-refractivity contribution in [2.24, 2.45) is 0 Å². The second-order valence-electron chi connectivity index (χ2n) is 5.00. The number of rotatable bonds is 6. The van der Waals surface area contributed by atoms with E-state index in [4.69, 9.17) is 9.84 Å². The summed E-state index contributed by atoms with van der Waals surface area (Å²) >= 11 is 1.53. The molecule has 1 N–H and O–H groups in total. The Bertz CT molecular complexity index is 827. The van der Waals surface area contributed by atoms with Gasteiger partial charge in [-0.15, -0.1) is 0 Å². The number of carboxylic acid groups (broad SMARTS) is 1. The molecule has 0 saturated heterocycles. The Labute approximate surface area is 137 Å². The Balaban J connectivity index is 1.84. The molecule has 6 heteroatoms. The summed E-state index contributed by atoms with van der Waals surface area (Å²) in [5.41, 5.74) is 2.78. The third-order valence-corrected chi connectivity index (χ3v) is 4.49. The first-order valence-electron chi connectivity index (χ1n) is 7.10. The molecule has 0 saturated carbocycles. The average Bonchev–Trinajstić information content (AvgIpc) is 2.91. The highest BCUT2D eigenvalue weighted by Crippen LogP contribution is 2.27. The van der Waals surface area contributed by atoms with Crippen LogP contribution in [0.5, 0.6) is 5.75 Å². The second kappa shape index (κ2) is 6.75. The molecule has 1 aromatic heterocycles. The third-order valence-electron chi connectivity index (χ3n) is 3.44. The fourth-order valence-electron chi connectivity index (χ4n) is 2.32. The number of carboxylic acids is 1. The lowest BCUT2D eigenvalue weighted by Gasteiger charge is -2.06. The molecule has 0 unspecified atom stereocenters. The highest BCUT2D eigenvalue weighted by molar-refractivity contribution is 7.98. The largest absolute Gasteiger partial charge is 0.497 e. The molecule has 0 radical (unpaired) electrons. The minimum Gasteiger partial charge on any atom is -0.497 e. The van der Waals surface area contributed by atoms with Crippen LogP contribution in [0.2, 0.25) is 0 Å². The van der Waals surface area contributed by atoms with E-state index in [1.165, 1.54) is 11.8 Å². The zero-order valence-corrected chi connectivity index (χ0v) is 13.4. The maximum Gasteiger partial charge on any atom is 0.323 e. The minimum absolute atomic E-state index is 0.0918. The maximum atomic E-state index is 11.1. The van der Waals surface area contributed by atoms with E-state index >= 15 is 0 Å². The zero-order chi connectivity index (χ0) is 16.2. The lowest BCUT2D eigenvalue weighted by atomic mass is 10.2.